The maximum Gasteiger partial charge on any atom is 0.368 e. The molecule has 0 amide bonds. The van der Waals surface area contributed by atoms with Gasteiger partial charge in [-0.2, -0.15) is 0 Å². The van der Waals surface area contributed by atoms with Crippen LogP contribution in [0.5, 0.6) is 11.5 Å². The zero-order valence-electron chi connectivity index (χ0n) is 19.0. The molecule has 2 aromatic rings. The maximum atomic E-state index is 12.1. The zero-order valence-corrected chi connectivity index (χ0v) is 21.4. The number of ether oxygens (including phenoxy) is 3. The van der Waals surface area contributed by atoms with Crippen molar-refractivity contribution in [1.29, 1.82) is 0 Å². The van der Waals surface area contributed by atoms with Crippen molar-refractivity contribution in [3.8, 4) is 11.5 Å². The third kappa shape index (κ3) is 6.19. The monoisotopic (exact) mass is 504 g/mol. The highest BCUT2D eigenvalue weighted by atomic mass is 35.5. The van der Waals surface area contributed by atoms with Gasteiger partial charge < -0.3 is 24.0 Å². The van der Waals surface area contributed by atoms with E-state index in [4.69, 9.17) is 37.4 Å². The van der Waals surface area contributed by atoms with Crippen molar-refractivity contribution in [2.24, 2.45) is 0 Å². The Labute approximate surface area is 200 Å². The van der Waals surface area contributed by atoms with E-state index in [-0.39, 0.29) is 31.3 Å². The Morgan fingerprint density at radius 2 is 1.66 bits per heavy atom. The molecule has 0 saturated carbocycles. The first kappa shape index (κ1) is 27.0. The molecule has 0 fully saturated rings. The number of hydrogen-bond donors (Lipinski definition) is 2. The van der Waals surface area contributed by atoms with Crippen LogP contribution in [-0.2, 0) is 15.7 Å². The molecular weight excluding hydrogens is 474 g/mol. The third-order valence-electron chi connectivity index (χ3n) is 5.47. The average molecular weight is 505 g/mol. The first-order chi connectivity index (χ1) is 15.0. The van der Waals surface area contributed by atoms with E-state index < -0.39 is 12.9 Å². The number of halogens is 2. The molecule has 0 saturated heterocycles. The van der Waals surface area contributed by atoms with Crippen molar-refractivity contribution in [2.75, 3.05) is 13.9 Å². The second-order valence-electron chi connectivity index (χ2n) is 7.92. The molecule has 32 heavy (non-hydrogen) atoms. The Morgan fingerprint density at radius 1 is 1.06 bits per heavy atom. The molecule has 9 heteroatoms. The average Bonchev–Trinajstić information content (AvgIpc) is 2.72. The molecule has 2 N–H and O–H groups in total. The van der Waals surface area contributed by atoms with E-state index in [2.05, 4.69) is 19.9 Å². The van der Waals surface area contributed by atoms with Crippen molar-refractivity contribution in [3.63, 3.8) is 0 Å². The van der Waals surface area contributed by atoms with Crippen LogP contribution in [0.3, 0.4) is 0 Å². The quantitative estimate of drug-likeness (QED) is 0.259. The second-order valence-corrected chi connectivity index (χ2v) is 10.6. The summed E-state index contributed by atoms with van der Waals surface area (Å²) >= 11 is 13.0. The molecule has 0 heterocycles. The Kier molecular flexibility index (Phi) is 9.47. The van der Waals surface area contributed by atoms with E-state index in [0.717, 1.165) is 16.9 Å². The molecule has 0 unspecified atom stereocenters. The molecule has 0 spiro atoms. The van der Waals surface area contributed by atoms with Crippen molar-refractivity contribution in [1.82, 2.24) is 0 Å². The smallest absolute Gasteiger partial charge is 0.368 e. The fourth-order valence-electron chi connectivity index (χ4n) is 3.51. The Balaban J connectivity index is 2.35. The molecule has 0 aliphatic rings. The van der Waals surface area contributed by atoms with E-state index in [1.165, 1.54) is 0 Å². The highest BCUT2D eigenvalue weighted by molar-refractivity contribution is 7.53. The highest BCUT2D eigenvalue weighted by Gasteiger charge is 2.46. The normalized spacial score (nSPS) is 12.3. The summed E-state index contributed by atoms with van der Waals surface area (Å²) in [6, 6.07) is 9.01. The van der Waals surface area contributed by atoms with Crippen LogP contribution in [-0.4, -0.2) is 29.0 Å². The standard InChI is InChI=1S/C23H31Cl2O6P/c1-6-23(7-2,32(26,27)28)31-17-12-20(24)19(21(25)13-17)11-16-8-9-22(30-14-29-5)18(10-16)15(3)4/h8-10,12-13,15H,6-7,11,14H2,1-5H3,(H2,26,27,28). The van der Waals surface area contributed by atoms with Gasteiger partial charge in [0.2, 0.25) is 5.34 Å². The van der Waals surface area contributed by atoms with Gasteiger partial charge in [-0.3, -0.25) is 4.57 Å². The maximum absolute atomic E-state index is 12.1. The van der Waals surface area contributed by atoms with E-state index in [1.807, 2.05) is 12.1 Å². The fourth-order valence-corrected chi connectivity index (χ4v) is 5.16. The predicted molar refractivity (Wildman–Crippen MR) is 128 cm³/mol. The summed E-state index contributed by atoms with van der Waals surface area (Å²) in [7, 11) is -2.95. The molecule has 0 aliphatic carbocycles. The summed E-state index contributed by atoms with van der Waals surface area (Å²) in [5.41, 5.74) is 2.75. The largest absolute Gasteiger partial charge is 0.475 e. The minimum atomic E-state index is -4.53. The van der Waals surface area contributed by atoms with Crippen molar-refractivity contribution < 1.29 is 28.6 Å². The van der Waals surface area contributed by atoms with Crippen LogP contribution in [0.2, 0.25) is 10.0 Å². The van der Waals surface area contributed by atoms with Crippen molar-refractivity contribution >= 4 is 30.8 Å². The van der Waals surface area contributed by atoms with Gasteiger partial charge in [0.25, 0.3) is 0 Å². The van der Waals surface area contributed by atoms with Gasteiger partial charge in [0.15, 0.2) is 6.79 Å². The van der Waals surface area contributed by atoms with Crippen LogP contribution in [0.15, 0.2) is 30.3 Å². The van der Waals surface area contributed by atoms with Crippen LogP contribution >= 0.6 is 30.8 Å². The topological polar surface area (TPSA) is 85.2 Å². The summed E-state index contributed by atoms with van der Waals surface area (Å²) in [6.45, 7) is 7.68. The lowest BCUT2D eigenvalue weighted by atomic mass is 9.96. The minimum Gasteiger partial charge on any atom is -0.475 e. The Hall–Kier alpha value is -1.27. The summed E-state index contributed by atoms with van der Waals surface area (Å²) in [5.74, 6) is 1.23. The van der Waals surface area contributed by atoms with Crippen molar-refractivity contribution in [3.05, 3.63) is 57.1 Å². The molecule has 0 aromatic heterocycles. The van der Waals surface area contributed by atoms with Crippen molar-refractivity contribution in [2.45, 2.75) is 58.2 Å². The van der Waals surface area contributed by atoms with E-state index in [9.17, 15) is 14.4 Å². The van der Waals surface area contributed by atoms with Crippen LogP contribution in [0.4, 0.5) is 0 Å². The van der Waals surface area contributed by atoms with Crippen LogP contribution < -0.4 is 9.47 Å². The van der Waals surface area contributed by atoms with Gasteiger partial charge in [-0.25, -0.2) is 0 Å². The third-order valence-corrected chi connectivity index (χ3v) is 7.93. The molecule has 2 rings (SSSR count). The van der Waals surface area contributed by atoms with Gasteiger partial charge in [-0.1, -0.05) is 63.0 Å². The molecule has 0 bridgehead atoms. The number of benzene rings is 2. The first-order valence-electron chi connectivity index (χ1n) is 10.4. The summed E-state index contributed by atoms with van der Waals surface area (Å²) in [4.78, 5) is 19.7. The predicted octanol–water partition coefficient (Wildman–Crippen LogP) is 6.76. The SMILES string of the molecule is CCC(CC)(Oc1cc(Cl)c(Cc2ccc(OCOC)c(C(C)C)c2)c(Cl)c1)P(=O)(O)O. The van der Waals surface area contributed by atoms with Crippen LogP contribution in [0, 0.1) is 0 Å². The zero-order chi connectivity index (χ0) is 24.1. The summed E-state index contributed by atoms with van der Waals surface area (Å²) in [5, 5.41) is -0.888. The first-order valence-corrected chi connectivity index (χ1v) is 12.8. The van der Waals surface area contributed by atoms with Gasteiger partial charge >= 0.3 is 7.60 Å². The molecule has 178 valence electrons. The minimum absolute atomic E-state index is 0.139. The Morgan fingerprint density at radius 3 is 2.12 bits per heavy atom. The lowest BCUT2D eigenvalue weighted by Crippen LogP contribution is -2.34. The molecule has 2 aromatic carbocycles. The van der Waals surface area contributed by atoms with E-state index in [1.54, 1.807) is 33.1 Å². The number of rotatable bonds is 11. The molecule has 0 aliphatic heterocycles. The molecule has 0 radical (unpaired) electrons. The Bertz CT molecular complexity index is 946. The van der Waals surface area contributed by atoms with Gasteiger partial charge in [-0.15, -0.1) is 0 Å². The lowest BCUT2D eigenvalue weighted by Gasteiger charge is -2.33. The second kappa shape index (κ2) is 11.2. The molecule has 0 atom stereocenters. The van der Waals surface area contributed by atoms with Crippen LogP contribution in [0.1, 0.15) is 63.1 Å². The number of hydrogen-bond acceptors (Lipinski definition) is 4. The van der Waals surface area contributed by atoms with Gasteiger partial charge in [0, 0.05) is 23.6 Å². The van der Waals surface area contributed by atoms with Gasteiger partial charge in [0.1, 0.15) is 11.5 Å². The van der Waals surface area contributed by atoms with E-state index >= 15 is 0 Å². The van der Waals surface area contributed by atoms with Crippen LogP contribution in [0.25, 0.3) is 0 Å². The number of methoxy groups -OCH3 is 1. The summed E-state index contributed by atoms with van der Waals surface area (Å²) in [6.07, 6.45) is 0.758. The fraction of sp³-hybridized carbons (Fsp3) is 0.478. The lowest BCUT2D eigenvalue weighted by molar-refractivity contribution is 0.0502. The summed E-state index contributed by atoms with van der Waals surface area (Å²) < 4.78 is 28.5. The highest BCUT2D eigenvalue weighted by Crippen LogP contribution is 2.55. The molecular formula is C23H31Cl2O6P. The molecule has 6 nitrogen and oxygen atoms in total. The van der Waals surface area contributed by atoms with Gasteiger partial charge in [0.05, 0.1) is 0 Å². The van der Waals surface area contributed by atoms with Gasteiger partial charge in [-0.05, 0) is 53.6 Å². The van der Waals surface area contributed by atoms with E-state index in [0.29, 0.717) is 22.0 Å².